The monoisotopic (exact) mass is 259 g/mol. The van der Waals surface area contributed by atoms with Crippen molar-refractivity contribution in [2.45, 2.75) is 6.92 Å². The topological polar surface area (TPSA) is 84.2 Å². The Morgan fingerprint density at radius 1 is 1.32 bits per heavy atom. The van der Waals surface area contributed by atoms with Gasteiger partial charge in [0.15, 0.2) is 0 Å². The molecule has 2 aromatic rings. The van der Waals surface area contributed by atoms with Crippen LogP contribution in [0, 0.1) is 6.92 Å². The molecule has 0 bridgehead atoms. The molecule has 19 heavy (non-hydrogen) atoms. The van der Waals surface area contributed by atoms with E-state index in [4.69, 9.17) is 5.11 Å². The molecule has 0 aliphatic heterocycles. The van der Waals surface area contributed by atoms with Crippen molar-refractivity contribution in [3.8, 4) is 0 Å². The average molecular weight is 259 g/mol. The van der Waals surface area contributed by atoms with Gasteiger partial charge in [-0.15, -0.1) is 0 Å². The number of carbonyl (C=O) groups excluding carboxylic acids is 1. The number of nitrogens with one attached hydrogen (secondary N) is 1. The van der Waals surface area contributed by atoms with Gasteiger partial charge in [-0.1, -0.05) is 0 Å². The van der Waals surface area contributed by atoms with E-state index >= 15 is 0 Å². The van der Waals surface area contributed by atoms with Crippen LogP contribution in [0.4, 0.5) is 5.82 Å². The number of amides is 1. The summed E-state index contributed by atoms with van der Waals surface area (Å²) in [5, 5.41) is 11.4. The van der Waals surface area contributed by atoms with Crippen molar-refractivity contribution in [2.24, 2.45) is 7.05 Å². The van der Waals surface area contributed by atoms with Crippen molar-refractivity contribution >= 4 is 17.7 Å². The summed E-state index contributed by atoms with van der Waals surface area (Å²) in [6, 6.07) is 6.21. The van der Waals surface area contributed by atoms with Gasteiger partial charge >= 0.3 is 5.97 Å². The minimum atomic E-state index is -1.06. The Bertz CT molecular complexity index is 646. The number of carboxylic acids is 1. The second-order valence-electron chi connectivity index (χ2n) is 4.11. The van der Waals surface area contributed by atoms with Crippen molar-refractivity contribution in [3.05, 3.63) is 47.4 Å². The molecule has 0 unspecified atom stereocenters. The quantitative estimate of drug-likeness (QED) is 0.878. The number of aromatic nitrogens is 2. The summed E-state index contributed by atoms with van der Waals surface area (Å²) in [6.07, 6.45) is 1.34. The van der Waals surface area contributed by atoms with Crippen LogP contribution in [-0.4, -0.2) is 26.5 Å². The van der Waals surface area contributed by atoms with Crippen molar-refractivity contribution < 1.29 is 14.7 Å². The number of nitrogens with zero attached hydrogens (tertiary/aromatic N) is 2. The van der Waals surface area contributed by atoms with Crippen LogP contribution < -0.4 is 5.32 Å². The SMILES string of the molecule is Cc1ccc(C(=O)Nc2cc(C(=O)O)ccn2)n1C. The normalized spacial score (nSPS) is 10.2. The smallest absolute Gasteiger partial charge is 0.335 e. The van der Waals surface area contributed by atoms with Crippen LogP contribution >= 0.6 is 0 Å². The van der Waals surface area contributed by atoms with Gasteiger partial charge in [-0.05, 0) is 31.2 Å². The van der Waals surface area contributed by atoms with E-state index in [1.54, 1.807) is 17.7 Å². The fourth-order valence-electron chi connectivity index (χ4n) is 1.65. The predicted octanol–water partition coefficient (Wildman–Crippen LogP) is 1.68. The minimum absolute atomic E-state index is 0.0772. The molecule has 0 atom stereocenters. The zero-order valence-corrected chi connectivity index (χ0v) is 10.5. The van der Waals surface area contributed by atoms with E-state index in [9.17, 15) is 9.59 Å². The molecule has 0 radical (unpaired) electrons. The number of carbonyl (C=O) groups is 2. The van der Waals surface area contributed by atoms with Crippen molar-refractivity contribution in [2.75, 3.05) is 5.32 Å². The molecule has 0 saturated carbocycles. The van der Waals surface area contributed by atoms with E-state index in [-0.39, 0.29) is 17.3 Å². The number of aromatic carboxylic acids is 1. The molecule has 2 N–H and O–H groups in total. The number of anilines is 1. The standard InChI is InChI=1S/C13H13N3O3/c1-8-3-4-10(16(8)2)12(17)15-11-7-9(13(18)19)5-6-14-11/h3-7H,1-2H3,(H,18,19)(H,14,15,17). The zero-order valence-electron chi connectivity index (χ0n) is 10.5. The van der Waals surface area contributed by atoms with Crippen LogP contribution in [0.2, 0.25) is 0 Å². The molecule has 0 aliphatic carbocycles. The largest absolute Gasteiger partial charge is 0.478 e. The summed E-state index contributed by atoms with van der Waals surface area (Å²) in [7, 11) is 1.78. The van der Waals surface area contributed by atoms with Crippen molar-refractivity contribution in [1.29, 1.82) is 0 Å². The zero-order chi connectivity index (χ0) is 14.0. The van der Waals surface area contributed by atoms with Gasteiger partial charge in [0, 0.05) is 18.9 Å². The Hall–Kier alpha value is -2.63. The van der Waals surface area contributed by atoms with E-state index < -0.39 is 5.97 Å². The minimum Gasteiger partial charge on any atom is -0.478 e. The number of hydrogen-bond donors (Lipinski definition) is 2. The molecule has 0 aromatic carbocycles. The highest BCUT2D eigenvalue weighted by Gasteiger charge is 2.12. The van der Waals surface area contributed by atoms with E-state index in [2.05, 4.69) is 10.3 Å². The predicted molar refractivity (Wildman–Crippen MR) is 69.3 cm³/mol. The van der Waals surface area contributed by atoms with Crippen LogP contribution in [0.3, 0.4) is 0 Å². The number of carboxylic acid groups (broad SMARTS) is 1. The van der Waals surface area contributed by atoms with Crippen LogP contribution in [0.1, 0.15) is 26.5 Å². The van der Waals surface area contributed by atoms with Crippen LogP contribution in [0.15, 0.2) is 30.5 Å². The second-order valence-corrected chi connectivity index (χ2v) is 4.11. The first-order valence-corrected chi connectivity index (χ1v) is 5.62. The molecule has 98 valence electrons. The highest BCUT2D eigenvalue weighted by Crippen LogP contribution is 2.11. The van der Waals surface area contributed by atoms with Gasteiger partial charge in [0.05, 0.1) is 5.56 Å². The third kappa shape index (κ3) is 2.62. The molecule has 0 spiro atoms. The third-order valence-corrected chi connectivity index (χ3v) is 2.85. The van der Waals surface area contributed by atoms with E-state index in [1.165, 1.54) is 18.3 Å². The maximum absolute atomic E-state index is 12.0. The van der Waals surface area contributed by atoms with Crippen molar-refractivity contribution in [3.63, 3.8) is 0 Å². The highest BCUT2D eigenvalue weighted by molar-refractivity contribution is 6.03. The molecule has 2 rings (SSSR count). The molecular formula is C13H13N3O3. The highest BCUT2D eigenvalue weighted by atomic mass is 16.4. The molecule has 6 heteroatoms. The van der Waals surface area contributed by atoms with Crippen LogP contribution in [-0.2, 0) is 7.05 Å². The van der Waals surface area contributed by atoms with Gasteiger partial charge in [-0.2, -0.15) is 0 Å². The molecule has 0 aliphatic rings. The van der Waals surface area contributed by atoms with Gasteiger partial charge in [0.1, 0.15) is 11.5 Å². The van der Waals surface area contributed by atoms with E-state index in [0.717, 1.165) is 5.69 Å². The van der Waals surface area contributed by atoms with E-state index in [1.807, 2.05) is 13.0 Å². The first-order valence-electron chi connectivity index (χ1n) is 5.62. The van der Waals surface area contributed by atoms with Gasteiger partial charge in [-0.25, -0.2) is 9.78 Å². The Morgan fingerprint density at radius 3 is 2.63 bits per heavy atom. The Labute approximate surface area is 109 Å². The van der Waals surface area contributed by atoms with Gasteiger partial charge in [0.2, 0.25) is 0 Å². The summed E-state index contributed by atoms with van der Waals surface area (Å²) >= 11 is 0. The lowest BCUT2D eigenvalue weighted by Gasteiger charge is -2.06. The average Bonchev–Trinajstić information content (AvgIpc) is 2.70. The van der Waals surface area contributed by atoms with Crippen LogP contribution in [0.5, 0.6) is 0 Å². The number of hydrogen-bond acceptors (Lipinski definition) is 3. The lowest BCUT2D eigenvalue weighted by Crippen LogP contribution is -2.17. The number of pyridine rings is 1. The Kier molecular flexibility index (Phi) is 3.33. The Morgan fingerprint density at radius 2 is 2.05 bits per heavy atom. The summed E-state index contributed by atoms with van der Waals surface area (Å²) in [5.41, 5.74) is 1.52. The molecule has 2 heterocycles. The summed E-state index contributed by atoms with van der Waals surface area (Å²) in [4.78, 5) is 26.8. The molecule has 0 fully saturated rings. The first-order chi connectivity index (χ1) is 8.99. The first kappa shape index (κ1) is 12.8. The maximum Gasteiger partial charge on any atom is 0.335 e. The molecular weight excluding hydrogens is 246 g/mol. The molecule has 0 saturated heterocycles. The summed E-state index contributed by atoms with van der Waals surface area (Å²) < 4.78 is 1.75. The van der Waals surface area contributed by atoms with Crippen LogP contribution in [0.25, 0.3) is 0 Å². The van der Waals surface area contributed by atoms with Gasteiger partial charge in [-0.3, -0.25) is 4.79 Å². The molecule has 2 aromatic heterocycles. The number of aryl methyl sites for hydroxylation is 1. The fraction of sp³-hybridized carbons (Fsp3) is 0.154. The fourth-order valence-corrected chi connectivity index (χ4v) is 1.65. The van der Waals surface area contributed by atoms with Crippen molar-refractivity contribution in [1.82, 2.24) is 9.55 Å². The lowest BCUT2D eigenvalue weighted by molar-refractivity contribution is 0.0696. The molecule has 6 nitrogen and oxygen atoms in total. The number of rotatable bonds is 3. The van der Waals surface area contributed by atoms with Gasteiger partial charge in [0.25, 0.3) is 5.91 Å². The van der Waals surface area contributed by atoms with Gasteiger partial charge < -0.3 is 15.0 Å². The Balaban J connectivity index is 2.22. The summed E-state index contributed by atoms with van der Waals surface area (Å²) in [5.74, 6) is -1.18. The maximum atomic E-state index is 12.0. The second kappa shape index (κ2) is 4.93. The van der Waals surface area contributed by atoms with E-state index in [0.29, 0.717) is 5.69 Å². The third-order valence-electron chi connectivity index (χ3n) is 2.85. The lowest BCUT2D eigenvalue weighted by atomic mass is 10.2. The molecule has 1 amide bonds. The summed E-state index contributed by atoms with van der Waals surface area (Å²) in [6.45, 7) is 1.89.